The van der Waals surface area contributed by atoms with Crippen molar-refractivity contribution in [1.29, 1.82) is 0 Å². The highest BCUT2D eigenvalue weighted by Crippen LogP contribution is 2.19. The lowest BCUT2D eigenvalue weighted by atomic mass is 10.1. The van der Waals surface area contributed by atoms with Gasteiger partial charge in [-0.1, -0.05) is 0 Å². The van der Waals surface area contributed by atoms with Crippen LogP contribution in [0.1, 0.15) is 35.3 Å². The van der Waals surface area contributed by atoms with Crippen molar-refractivity contribution >= 4 is 55.2 Å². The van der Waals surface area contributed by atoms with Crippen LogP contribution < -0.4 is 27.0 Å². The van der Waals surface area contributed by atoms with E-state index in [4.69, 9.17) is 29.9 Å². The number of nitrogens with zero attached hydrogens (tertiary/aromatic N) is 5. The molecule has 3 aromatic rings. The molecule has 2 heterocycles. The Morgan fingerprint density at radius 3 is 2.35 bits per heavy atom. The number of hydrogen-bond acceptors (Lipinski definition) is 13. The number of nitrogen functional groups attached to an aromatic ring is 2. The van der Waals surface area contributed by atoms with E-state index in [1.165, 1.54) is 21.3 Å². The molecule has 0 aliphatic carbocycles. The van der Waals surface area contributed by atoms with Crippen LogP contribution >= 0.6 is 0 Å². The van der Waals surface area contributed by atoms with Crippen molar-refractivity contribution in [2.24, 2.45) is 0 Å². The molecule has 1 aromatic carbocycles. The molecule has 0 aliphatic rings. The topological polar surface area (TPSA) is 230 Å². The molecule has 0 unspecified atom stereocenters. The molecule has 17 heteroatoms. The molecule has 1 atom stereocenters. The third kappa shape index (κ3) is 9.01. The van der Waals surface area contributed by atoms with E-state index in [2.05, 4.69) is 30.6 Å². The number of aliphatic carboxylic acids is 1. The standard InChI is InChI=1S/C26H37N9O7Si/c1-35(15-17-14-30-23-21(31-17)22(27)33-26(28)34-23)18-8-6-16(7-9-18)24(38)32-19(10-11-20(36)37)25(39)29-12-5-13-43(40-2,41-3)42-4/h6-9,14,19H,5,10-13,15H2,1-4H3,(H,29,39)(H,32,38)(H,36,37)(H4,27,28,30,33,34)/t19-/m1/s1. The molecule has 0 fully saturated rings. The molecule has 7 N–H and O–H groups in total. The summed E-state index contributed by atoms with van der Waals surface area (Å²) in [5.41, 5.74) is 13.9. The normalized spacial score (nSPS) is 12.1. The monoisotopic (exact) mass is 615 g/mol. The molecule has 43 heavy (non-hydrogen) atoms. The van der Waals surface area contributed by atoms with Gasteiger partial charge in [-0.25, -0.2) is 9.97 Å². The number of anilines is 3. The molecular weight excluding hydrogens is 578 g/mol. The van der Waals surface area contributed by atoms with Gasteiger partial charge in [-0.3, -0.25) is 14.4 Å². The number of carboxylic acids is 1. The van der Waals surface area contributed by atoms with Gasteiger partial charge in [0.05, 0.1) is 18.4 Å². The van der Waals surface area contributed by atoms with E-state index in [1.54, 1.807) is 30.5 Å². The number of fused-ring (bicyclic) bond motifs is 1. The lowest BCUT2D eigenvalue weighted by molar-refractivity contribution is -0.137. The van der Waals surface area contributed by atoms with E-state index in [1.807, 2.05) is 11.9 Å². The van der Waals surface area contributed by atoms with Crippen LogP contribution in [0.15, 0.2) is 30.5 Å². The van der Waals surface area contributed by atoms with Crippen LogP contribution in [0.3, 0.4) is 0 Å². The summed E-state index contributed by atoms with van der Waals surface area (Å²) >= 11 is 0. The van der Waals surface area contributed by atoms with Crippen LogP contribution in [-0.4, -0.2) is 92.6 Å². The molecule has 2 amide bonds. The predicted molar refractivity (Wildman–Crippen MR) is 160 cm³/mol. The molecule has 0 aliphatic heterocycles. The fourth-order valence-electron chi connectivity index (χ4n) is 4.23. The first-order chi connectivity index (χ1) is 20.5. The number of rotatable bonds is 16. The summed E-state index contributed by atoms with van der Waals surface area (Å²) in [7, 11) is 3.56. The van der Waals surface area contributed by atoms with Gasteiger partial charge in [0.25, 0.3) is 5.91 Å². The lowest BCUT2D eigenvalue weighted by Crippen LogP contribution is -2.48. The molecule has 2 aromatic heterocycles. The van der Waals surface area contributed by atoms with E-state index in [0.29, 0.717) is 41.4 Å². The average Bonchev–Trinajstić information content (AvgIpc) is 2.99. The molecule has 0 spiro atoms. The fourth-order valence-corrected chi connectivity index (χ4v) is 5.96. The van der Waals surface area contributed by atoms with Crippen LogP contribution in [0, 0.1) is 0 Å². The molecule has 16 nitrogen and oxygen atoms in total. The molecule has 0 bridgehead atoms. The summed E-state index contributed by atoms with van der Waals surface area (Å²) in [5, 5.41) is 14.5. The first-order valence-electron chi connectivity index (χ1n) is 13.3. The Kier molecular flexibility index (Phi) is 11.6. The number of nitrogens with two attached hydrogens (primary N) is 2. The zero-order chi connectivity index (χ0) is 31.6. The maximum atomic E-state index is 13.0. The second-order valence-corrected chi connectivity index (χ2v) is 12.6. The molecule has 3 rings (SSSR count). The van der Waals surface area contributed by atoms with Crippen LogP contribution in [0.2, 0.25) is 6.04 Å². The van der Waals surface area contributed by atoms with Gasteiger partial charge in [-0.05, 0) is 37.1 Å². The molecule has 0 saturated heterocycles. The van der Waals surface area contributed by atoms with Crippen LogP contribution in [0.25, 0.3) is 11.2 Å². The van der Waals surface area contributed by atoms with Crippen molar-refractivity contribution in [3.8, 4) is 0 Å². The second kappa shape index (κ2) is 15.1. The zero-order valence-electron chi connectivity index (χ0n) is 24.5. The number of benzene rings is 1. The summed E-state index contributed by atoms with van der Waals surface area (Å²) in [5.74, 6) is -1.93. The number of amides is 2. The number of hydrogen-bond donors (Lipinski definition) is 5. The highest BCUT2D eigenvalue weighted by Gasteiger charge is 2.37. The Balaban J connectivity index is 1.61. The third-order valence-electron chi connectivity index (χ3n) is 6.63. The second-order valence-electron chi connectivity index (χ2n) is 9.55. The highest BCUT2D eigenvalue weighted by molar-refractivity contribution is 6.60. The summed E-state index contributed by atoms with van der Waals surface area (Å²) in [6, 6.07) is 6.13. The summed E-state index contributed by atoms with van der Waals surface area (Å²) in [6.07, 6.45) is 1.70. The van der Waals surface area contributed by atoms with E-state index >= 15 is 0 Å². The van der Waals surface area contributed by atoms with Gasteiger partial charge in [-0.2, -0.15) is 9.97 Å². The maximum absolute atomic E-state index is 13.0. The van der Waals surface area contributed by atoms with Gasteiger partial charge >= 0.3 is 14.8 Å². The van der Waals surface area contributed by atoms with Gasteiger partial charge < -0.3 is 45.4 Å². The summed E-state index contributed by atoms with van der Waals surface area (Å²) < 4.78 is 16.1. The van der Waals surface area contributed by atoms with Gasteiger partial charge in [0, 0.05) is 58.6 Å². The van der Waals surface area contributed by atoms with E-state index < -0.39 is 32.6 Å². The quantitative estimate of drug-likeness (QED) is 0.110. The lowest BCUT2D eigenvalue weighted by Gasteiger charge is -2.24. The smallest absolute Gasteiger partial charge is 0.481 e. The SMILES string of the molecule is CO[Si](CCCNC(=O)[C@@H](CCC(=O)O)NC(=O)c1ccc(N(C)Cc2cnc3nc(N)nc(N)c3n2)cc1)(OC)OC. The van der Waals surface area contributed by atoms with E-state index in [9.17, 15) is 14.4 Å². The minimum absolute atomic E-state index is 0.0162. The van der Waals surface area contributed by atoms with Crippen LogP contribution in [-0.2, 0) is 29.4 Å². The van der Waals surface area contributed by atoms with Crippen LogP contribution in [0.4, 0.5) is 17.5 Å². The molecule has 0 radical (unpaired) electrons. The summed E-state index contributed by atoms with van der Waals surface area (Å²) in [4.78, 5) is 55.6. The number of carboxylic acid groups (broad SMARTS) is 1. The minimum atomic E-state index is -2.79. The van der Waals surface area contributed by atoms with Gasteiger partial charge in [0.15, 0.2) is 17.0 Å². The Labute approximate surface area is 249 Å². The van der Waals surface area contributed by atoms with Crippen molar-refractivity contribution < 1.29 is 32.8 Å². The fraction of sp³-hybridized carbons (Fsp3) is 0.423. The maximum Gasteiger partial charge on any atom is 0.500 e. The Morgan fingerprint density at radius 1 is 1.05 bits per heavy atom. The van der Waals surface area contributed by atoms with Crippen molar-refractivity contribution in [2.45, 2.75) is 37.9 Å². The number of nitrogens with one attached hydrogen (secondary N) is 2. The largest absolute Gasteiger partial charge is 0.500 e. The van der Waals surface area contributed by atoms with Crippen molar-refractivity contribution in [2.75, 3.05) is 51.3 Å². The summed E-state index contributed by atoms with van der Waals surface area (Å²) in [6.45, 7) is 0.637. The molecule has 0 saturated carbocycles. The Hall–Kier alpha value is -4.45. The average molecular weight is 616 g/mol. The van der Waals surface area contributed by atoms with E-state index in [0.717, 1.165) is 5.69 Å². The highest BCUT2D eigenvalue weighted by atomic mass is 28.4. The zero-order valence-corrected chi connectivity index (χ0v) is 25.5. The molecule has 232 valence electrons. The minimum Gasteiger partial charge on any atom is -0.481 e. The number of carbonyl (C=O) groups excluding carboxylic acids is 2. The van der Waals surface area contributed by atoms with E-state index in [-0.39, 0.29) is 31.2 Å². The predicted octanol–water partition coefficient (Wildman–Crippen LogP) is 0.568. The number of carbonyl (C=O) groups is 3. The van der Waals surface area contributed by atoms with Gasteiger partial charge in [0.2, 0.25) is 11.9 Å². The van der Waals surface area contributed by atoms with Crippen molar-refractivity contribution in [3.05, 3.63) is 41.7 Å². The first kappa shape index (κ1) is 33.1. The number of aromatic nitrogens is 4. The molecular formula is C26H37N9O7Si. The van der Waals surface area contributed by atoms with Crippen molar-refractivity contribution in [1.82, 2.24) is 30.6 Å². The van der Waals surface area contributed by atoms with Crippen molar-refractivity contribution in [3.63, 3.8) is 0 Å². The van der Waals surface area contributed by atoms with Gasteiger partial charge in [0.1, 0.15) is 6.04 Å². The first-order valence-corrected chi connectivity index (χ1v) is 15.3. The Morgan fingerprint density at radius 2 is 1.72 bits per heavy atom. The van der Waals surface area contributed by atoms with Crippen LogP contribution in [0.5, 0.6) is 0 Å². The van der Waals surface area contributed by atoms with Gasteiger partial charge in [-0.15, -0.1) is 0 Å². The third-order valence-corrected chi connectivity index (χ3v) is 9.46. The Bertz CT molecular complexity index is 1420.